The van der Waals surface area contributed by atoms with Gasteiger partial charge in [0.05, 0.1) is 23.8 Å². The molecule has 2 aromatic rings. The van der Waals surface area contributed by atoms with Crippen LogP contribution in [0.25, 0.3) is 10.9 Å². The third-order valence-electron chi connectivity index (χ3n) is 4.70. The number of nitrogens with two attached hydrogens (primary N) is 1. The number of hydrogen-bond donors (Lipinski definition) is 4. The lowest BCUT2D eigenvalue weighted by atomic mass is 10.1. The number of H-pyrrole nitrogens is 1. The lowest BCUT2D eigenvalue weighted by Gasteiger charge is -2.35. The van der Waals surface area contributed by atoms with Gasteiger partial charge in [-0.25, -0.2) is 0 Å². The van der Waals surface area contributed by atoms with Crippen molar-refractivity contribution < 1.29 is 13.2 Å². The van der Waals surface area contributed by atoms with Crippen LogP contribution in [0.15, 0.2) is 49.1 Å². The van der Waals surface area contributed by atoms with E-state index in [9.17, 15) is 13.2 Å². The van der Waals surface area contributed by atoms with Crippen LogP contribution in [-0.4, -0.2) is 29.0 Å². The largest absolute Gasteiger partial charge is 0.416 e. The van der Waals surface area contributed by atoms with Gasteiger partial charge in [-0.3, -0.25) is 0 Å². The first-order chi connectivity index (χ1) is 12.7. The van der Waals surface area contributed by atoms with Gasteiger partial charge in [-0.2, -0.15) is 13.2 Å². The summed E-state index contributed by atoms with van der Waals surface area (Å²) in [6.07, 6.45) is -2.31. The Morgan fingerprint density at radius 3 is 2.78 bits per heavy atom. The number of aromatic nitrogens is 1. The Hall–Kier alpha value is -2.77. The minimum absolute atomic E-state index is 0.219. The van der Waals surface area contributed by atoms with Crippen LogP contribution < -0.4 is 16.4 Å². The third-order valence-corrected chi connectivity index (χ3v) is 4.70. The van der Waals surface area contributed by atoms with Crippen molar-refractivity contribution >= 4 is 10.9 Å². The van der Waals surface area contributed by atoms with Gasteiger partial charge in [0, 0.05) is 35.7 Å². The molecule has 0 amide bonds. The van der Waals surface area contributed by atoms with E-state index >= 15 is 0 Å². The Morgan fingerprint density at radius 1 is 1.30 bits per heavy atom. The monoisotopic (exact) mass is 379 g/mol. The van der Waals surface area contributed by atoms with Crippen LogP contribution in [0, 0.1) is 0 Å². The van der Waals surface area contributed by atoms with Crippen molar-refractivity contribution in [3.8, 4) is 0 Å². The van der Waals surface area contributed by atoms with E-state index in [1.165, 1.54) is 6.07 Å². The standard InChI is InChI=1S/C19H24F3N5/c1-12(23)27-7-3-4-16(11-27)25-13(2)24-10-17-9-14-8-15(19(20,21)22)5-6-18(14)26-17/h5-6,8-9,16,24-26H,1-4,7,10-11,23H2. The highest BCUT2D eigenvalue weighted by Crippen LogP contribution is 2.31. The molecule has 27 heavy (non-hydrogen) atoms. The van der Waals surface area contributed by atoms with Crippen molar-refractivity contribution in [2.45, 2.75) is 31.6 Å². The van der Waals surface area contributed by atoms with Gasteiger partial charge in [-0.05, 0) is 37.1 Å². The fourth-order valence-corrected chi connectivity index (χ4v) is 3.32. The van der Waals surface area contributed by atoms with E-state index in [2.05, 4.69) is 28.8 Å². The number of nitrogens with one attached hydrogen (secondary N) is 3. The molecule has 0 bridgehead atoms. The van der Waals surface area contributed by atoms with E-state index in [4.69, 9.17) is 5.73 Å². The van der Waals surface area contributed by atoms with E-state index in [1.54, 1.807) is 6.07 Å². The van der Waals surface area contributed by atoms with Crippen LogP contribution >= 0.6 is 0 Å². The number of piperidine rings is 1. The van der Waals surface area contributed by atoms with Crippen molar-refractivity contribution in [2.24, 2.45) is 5.73 Å². The van der Waals surface area contributed by atoms with Crippen molar-refractivity contribution in [3.63, 3.8) is 0 Å². The highest BCUT2D eigenvalue weighted by Gasteiger charge is 2.30. The molecule has 5 nitrogen and oxygen atoms in total. The lowest BCUT2D eigenvalue weighted by molar-refractivity contribution is -0.137. The fourth-order valence-electron chi connectivity index (χ4n) is 3.32. The summed E-state index contributed by atoms with van der Waals surface area (Å²) in [5.41, 5.74) is 6.56. The normalized spacial score (nSPS) is 17.7. The SMILES string of the molecule is C=C(NCc1cc2cc(C(F)(F)F)ccc2[nH]1)NC1CCCN(C(=C)N)C1. The second kappa shape index (κ2) is 7.46. The van der Waals surface area contributed by atoms with E-state index < -0.39 is 11.7 Å². The van der Waals surface area contributed by atoms with Crippen molar-refractivity contribution in [3.05, 3.63) is 60.3 Å². The predicted octanol–water partition coefficient (Wildman–Crippen LogP) is 3.23. The molecule has 8 heteroatoms. The lowest BCUT2D eigenvalue weighted by Crippen LogP contribution is -2.47. The Bertz CT molecular complexity index is 839. The highest BCUT2D eigenvalue weighted by molar-refractivity contribution is 5.81. The number of alkyl halides is 3. The molecule has 3 rings (SSSR count). The summed E-state index contributed by atoms with van der Waals surface area (Å²) in [6.45, 7) is 9.85. The van der Waals surface area contributed by atoms with Gasteiger partial charge in [-0.15, -0.1) is 0 Å². The van der Waals surface area contributed by atoms with Gasteiger partial charge in [0.15, 0.2) is 0 Å². The van der Waals surface area contributed by atoms with Gasteiger partial charge in [0.2, 0.25) is 0 Å². The minimum Gasteiger partial charge on any atom is -0.386 e. The number of fused-ring (bicyclic) bond motifs is 1. The van der Waals surface area contributed by atoms with Crippen molar-refractivity contribution in [1.82, 2.24) is 20.5 Å². The second-order valence-electron chi connectivity index (χ2n) is 6.85. The van der Waals surface area contributed by atoms with E-state index in [0.717, 1.165) is 43.8 Å². The number of likely N-dealkylation sites (tertiary alicyclic amines) is 1. The van der Waals surface area contributed by atoms with E-state index in [1.807, 2.05) is 4.90 Å². The quantitative estimate of drug-likeness (QED) is 0.622. The summed E-state index contributed by atoms with van der Waals surface area (Å²) in [4.78, 5) is 5.15. The molecule has 1 unspecified atom stereocenters. The summed E-state index contributed by atoms with van der Waals surface area (Å²) in [6, 6.07) is 5.61. The van der Waals surface area contributed by atoms with Gasteiger partial charge < -0.3 is 26.3 Å². The third kappa shape index (κ3) is 4.69. The summed E-state index contributed by atoms with van der Waals surface area (Å²) in [5.74, 6) is 1.23. The number of aromatic amines is 1. The van der Waals surface area contributed by atoms with E-state index in [-0.39, 0.29) is 6.04 Å². The first-order valence-electron chi connectivity index (χ1n) is 8.80. The van der Waals surface area contributed by atoms with Crippen LogP contribution in [0.5, 0.6) is 0 Å². The maximum atomic E-state index is 12.8. The molecule has 2 heterocycles. The molecule has 146 valence electrons. The number of benzene rings is 1. The maximum Gasteiger partial charge on any atom is 0.416 e. The van der Waals surface area contributed by atoms with Gasteiger partial charge in [0.1, 0.15) is 0 Å². The Morgan fingerprint density at radius 2 is 2.07 bits per heavy atom. The Kier molecular flexibility index (Phi) is 5.25. The highest BCUT2D eigenvalue weighted by atomic mass is 19.4. The maximum absolute atomic E-state index is 12.8. The van der Waals surface area contributed by atoms with E-state index in [0.29, 0.717) is 29.1 Å². The molecule has 0 spiro atoms. The summed E-state index contributed by atoms with van der Waals surface area (Å²) in [5, 5.41) is 7.03. The molecule has 1 fully saturated rings. The molecule has 5 N–H and O–H groups in total. The molecule has 1 aliphatic rings. The van der Waals surface area contributed by atoms with Crippen LogP contribution in [0.2, 0.25) is 0 Å². The average molecular weight is 379 g/mol. The zero-order chi connectivity index (χ0) is 19.6. The van der Waals surface area contributed by atoms with Crippen LogP contribution in [0.1, 0.15) is 24.1 Å². The molecular weight excluding hydrogens is 355 g/mol. The zero-order valence-electron chi connectivity index (χ0n) is 15.0. The van der Waals surface area contributed by atoms with Gasteiger partial charge in [-0.1, -0.05) is 13.2 Å². The molecular formula is C19H24F3N5. The average Bonchev–Trinajstić information content (AvgIpc) is 3.01. The molecule has 1 aliphatic heterocycles. The molecule has 0 aliphatic carbocycles. The van der Waals surface area contributed by atoms with Crippen LogP contribution in [0.4, 0.5) is 13.2 Å². The van der Waals surface area contributed by atoms with Crippen molar-refractivity contribution in [2.75, 3.05) is 13.1 Å². The first-order valence-corrected chi connectivity index (χ1v) is 8.80. The minimum atomic E-state index is -4.34. The molecule has 0 saturated carbocycles. The zero-order valence-corrected chi connectivity index (χ0v) is 15.0. The topological polar surface area (TPSA) is 69.1 Å². The summed E-state index contributed by atoms with van der Waals surface area (Å²) >= 11 is 0. The molecule has 1 aromatic carbocycles. The van der Waals surface area contributed by atoms with Crippen molar-refractivity contribution in [1.29, 1.82) is 0 Å². The Labute approximate surface area is 156 Å². The Balaban J connectivity index is 1.56. The molecule has 0 radical (unpaired) electrons. The van der Waals surface area contributed by atoms with Crippen LogP contribution in [0.3, 0.4) is 0 Å². The first kappa shape index (κ1) is 19.0. The molecule has 1 saturated heterocycles. The number of nitrogens with zero attached hydrogens (tertiary/aromatic N) is 1. The molecule has 1 atom stereocenters. The number of hydrogen-bond acceptors (Lipinski definition) is 4. The number of halogens is 3. The smallest absolute Gasteiger partial charge is 0.386 e. The number of rotatable bonds is 6. The summed E-state index contributed by atoms with van der Waals surface area (Å²) in [7, 11) is 0. The predicted molar refractivity (Wildman–Crippen MR) is 100 cm³/mol. The fraction of sp³-hybridized carbons (Fsp3) is 0.368. The van der Waals surface area contributed by atoms with Crippen LogP contribution in [-0.2, 0) is 12.7 Å². The van der Waals surface area contributed by atoms with Gasteiger partial charge in [0.25, 0.3) is 0 Å². The second-order valence-corrected chi connectivity index (χ2v) is 6.85. The summed E-state index contributed by atoms with van der Waals surface area (Å²) < 4.78 is 38.5. The van der Waals surface area contributed by atoms with Gasteiger partial charge >= 0.3 is 6.18 Å². The molecule has 1 aromatic heterocycles.